The Morgan fingerprint density at radius 2 is 1.23 bits per heavy atom. The third kappa shape index (κ3) is 22.2. The SMILES string of the molecule is CSCC[C@H](NC(=O)CN)C(=O)N1CCC[C@H]1C(=O)N[C@@H](CCC(=O)O)C(=O)NCC(=O)N[C@@H](CC(=O)O)C(=O)N[C@@H](CC(C)C)C(=O)N[C@H](C(=O)N[C@@H](Cc1ccc(O)cc1)C(=O)N[C@H](C(=O)O)C(C)C)C(C)C. The zero-order valence-corrected chi connectivity index (χ0v) is 44.1. The average molecular weight is 1080 g/mol. The van der Waals surface area contributed by atoms with Crippen LogP contribution in [0.3, 0.4) is 0 Å². The van der Waals surface area contributed by atoms with Gasteiger partial charge in [-0.1, -0.05) is 53.7 Å². The molecule has 1 heterocycles. The Kier molecular flexibility index (Phi) is 27.0. The van der Waals surface area contributed by atoms with E-state index in [1.165, 1.54) is 40.9 Å². The summed E-state index contributed by atoms with van der Waals surface area (Å²) in [5.41, 5.74) is 5.92. The summed E-state index contributed by atoms with van der Waals surface area (Å²) in [4.78, 5) is 158. The summed E-state index contributed by atoms with van der Waals surface area (Å²) in [6.07, 6.45) is 0.311. The molecule has 26 nitrogen and oxygen atoms in total. The van der Waals surface area contributed by atoms with Gasteiger partial charge in [0.1, 0.15) is 54.1 Å². The molecular weight excluding hydrogens is 1000 g/mol. The summed E-state index contributed by atoms with van der Waals surface area (Å²) in [5.74, 6) is -13.1. The van der Waals surface area contributed by atoms with Crippen LogP contribution in [0.4, 0.5) is 0 Å². The van der Waals surface area contributed by atoms with Gasteiger partial charge in [-0.05, 0) is 79.6 Å². The topological polar surface area (TPSA) is 411 Å². The van der Waals surface area contributed by atoms with E-state index in [9.17, 15) is 78.0 Å². The molecule has 1 fully saturated rings. The predicted octanol–water partition coefficient (Wildman–Crippen LogP) is -2.07. The van der Waals surface area contributed by atoms with Gasteiger partial charge in [0.15, 0.2) is 0 Å². The highest BCUT2D eigenvalue weighted by atomic mass is 32.2. The number of aromatic hydroxyl groups is 1. The number of hydrogen-bond acceptors (Lipinski definition) is 15. The summed E-state index contributed by atoms with van der Waals surface area (Å²) >= 11 is 1.43. The van der Waals surface area contributed by atoms with Crippen molar-refractivity contribution in [1.82, 2.24) is 47.4 Å². The second kappa shape index (κ2) is 31.6. The number of benzene rings is 1. The van der Waals surface area contributed by atoms with Crippen molar-refractivity contribution in [2.75, 3.05) is 31.6 Å². The van der Waals surface area contributed by atoms with Crippen LogP contribution in [0.2, 0.25) is 0 Å². The first-order chi connectivity index (χ1) is 35.2. The average Bonchev–Trinajstić information content (AvgIpc) is 3.83. The summed E-state index contributed by atoms with van der Waals surface area (Å²) in [6.45, 7) is 8.58. The molecular formula is C48H74N10O16S. The zero-order chi connectivity index (χ0) is 56.7. The van der Waals surface area contributed by atoms with Crippen LogP contribution in [0.15, 0.2) is 24.3 Å². The van der Waals surface area contributed by atoms with Crippen molar-refractivity contribution < 1.29 is 78.0 Å². The summed E-state index contributed by atoms with van der Waals surface area (Å²) in [5, 5.41) is 58.1. The Hall–Kier alpha value is -7.03. The van der Waals surface area contributed by atoms with Crippen molar-refractivity contribution in [3.63, 3.8) is 0 Å². The number of nitrogens with zero attached hydrogens (tertiary/aromatic N) is 1. The second-order valence-corrected chi connectivity index (χ2v) is 20.1. The molecule has 418 valence electrons. The number of phenolic OH excluding ortho intramolecular Hbond substituents is 1. The van der Waals surface area contributed by atoms with E-state index in [0.717, 1.165) is 0 Å². The fraction of sp³-hybridized carbons (Fsp3) is 0.625. The third-order valence-corrected chi connectivity index (χ3v) is 12.5. The van der Waals surface area contributed by atoms with Crippen molar-refractivity contribution in [3.05, 3.63) is 29.8 Å². The molecule has 1 saturated heterocycles. The second-order valence-electron chi connectivity index (χ2n) is 19.1. The molecule has 0 unspecified atom stereocenters. The minimum atomic E-state index is -1.85. The standard InChI is InChI=1S/C48H74N10O16S/c1-24(2)19-31(43(68)56-39(25(3)4)46(71)55-32(20-27-10-12-28(59)13-11-27)44(69)57-40(26(5)6)48(73)74)54-42(67)33(21-38(64)65)52-36(61)23-50-41(66)29(14-15-37(62)63)53-45(70)34-9-8-17-58(34)47(72)30(16-18-75-7)51-35(60)22-49/h10-13,24-26,29-34,39-40,59H,8-9,14-23,49H2,1-7H3,(H,50,66)(H,51,60)(H,52,61)(H,53,70)(H,54,67)(H,55,71)(H,56,68)(H,57,69)(H,62,63)(H,64,65)(H,73,74)/t29-,30-,31-,32-,33-,34-,39-,40-/m0/s1. The molecule has 1 aliphatic heterocycles. The molecule has 0 aromatic heterocycles. The lowest BCUT2D eigenvalue weighted by atomic mass is 9.98. The van der Waals surface area contributed by atoms with Crippen LogP contribution >= 0.6 is 11.8 Å². The molecule has 14 N–H and O–H groups in total. The Balaban J connectivity index is 2.26. The van der Waals surface area contributed by atoms with Gasteiger partial charge in [-0.2, -0.15) is 11.8 Å². The molecule has 8 atom stereocenters. The maximum absolute atomic E-state index is 14.0. The molecule has 27 heteroatoms. The van der Waals surface area contributed by atoms with E-state index in [1.807, 2.05) is 0 Å². The number of carbonyl (C=O) groups excluding carboxylic acids is 9. The number of aliphatic carboxylic acids is 3. The molecule has 0 aliphatic carbocycles. The van der Waals surface area contributed by atoms with Gasteiger partial charge in [0.05, 0.1) is 19.5 Å². The van der Waals surface area contributed by atoms with Gasteiger partial charge in [-0.3, -0.25) is 52.7 Å². The van der Waals surface area contributed by atoms with Crippen LogP contribution in [-0.4, -0.2) is 176 Å². The highest BCUT2D eigenvalue weighted by molar-refractivity contribution is 7.98. The van der Waals surface area contributed by atoms with Crippen LogP contribution in [0, 0.1) is 17.8 Å². The number of likely N-dealkylation sites (tertiary alicyclic amines) is 1. The van der Waals surface area contributed by atoms with Crippen molar-refractivity contribution in [2.45, 2.75) is 141 Å². The molecule has 2 rings (SSSR count). The molecule has 1 aromatic rings. The number of carbonyl (C=O) groups is 12. The molecule has 0 bridgehead atoms. The maximum Gasteiger partial charge on any atom is 0.326 e. The number of carboxylic acid groups (broad SMARTS) is 3. The highest BCUT2D eigenvalue weighted by Gasteiger charge is 2.40. The number of nitrogens with two attached hydrogens (primary N) is 1. The van der Waals surface area contributed by atoms with Crippen molar-refractivity contribution >= 4 is 82.8 Å². The molecule has 9 amide bonds. The monoisotopic (exact) mass is 1080 g/mol. The normalized spacial score (nSPS) is 16.0. The van der Waals surface area contributed by atoms with E-state index >= 15 is 0 Å². The minimum Gasteiger partial charge on any atom is -0.508 e. The minimum absolute atomic E-state index is 0.0643. The first-order valence-electron chi connectivity index (χ1n) is 24.5. The summed E-state index contributed by atoms with van der Waals surface area (Å²) in [6, 6.07) is -5.29. The zero-order valence-electron chi connectivity index (χ0n) is 43.3. The summed E-state index contributed by atoms with van der Waals surface area (Å²) in [7, 11) is 0. The molecule has 1 aromatic carbocycles. The number of thioether (sulfide) groups is 1. The Morgan fingerprint density at radius 1 is 0.653 bits per heavy atom. The van der Waals surface area contributed by atoms with Crippen LogP contribution in [-0.2, 0) is 64.0 Å². The van der Waals surface area contributed by atoms with Gasteiger partial charge in [0.25, 0.3) is 0 Å². The molecule has 1 aliphatic rings. The number of nitrogens with one attached hydrogen (secondary N) is 8. The maximum atomic E-state index is 14.0. The fourth-order valence-corrected chi connectivity index (χ4v) is 8.32. The van der Waals surface area contributed by atoms with E-state index in [1.54, 1.807) is 47.8 Å². The van der Waals surface area contributed by atoms with Crippen LogP contribution in [0.5, 0.6) is 5.75 Å². The quantitative estimate of drug-likeness (QED) is 0.0369. The number of hydrogen-bond donors (Lipinski definition) is 13. The van der Waals surface area contributed by atoms with Gasteiger partial charge in [-0.15, -0.1) is 0 Å². The van der Waals surface area contributed by atoms with Gasteiger partial charge < -0.3 is 73.6 Å². The van der Waals surface area contributed by atoms with Crippen LogP contribution in [0.1, 0.15) is 92.1 Å². The van der Waals surface area contributed by atoms with Gasteiger partial charge >= 0.3 is 17.9 Å². The van der Waals surface area contributed by atoms with Crippen molar-refractivity contribution in [3.8, 4) is 5.75 Å². The van der Waals surface area contributed by atoms with Gasteiger partial charge in [0, 0.05) is 19.4 Å². The van der Waals surface area contributed by atoms with Gasteiger partial charge in [0.2, 0.25) is 53.2 Å². The Labute approximate surface area is 438 Å². The summed E-state index contributed by atoms with van der Waals surface area (Å²) < 4.78 is 0. The Morgan fingerprint density at radius 3 is 1.77 bits per heavy atom. The van der Waals surface area contributed by atoms with E-state index in [4.69, 9.17) is 5.73 Å². The molecule has 0 radical (unpaired) electrons. The van der Waals surface area contributed by atoms with Crippen LogP contribution in [0.25, 0.3) is 0 Å². The fourth-order valence-electron chi connectivity index (χ4n) is 7.84. The van der Waals surface area contributed by atoms with E-state index in [-0.39, 0.29) is 50.4 Å². The molecule has 0 spiro atoms. The van der Waals surface area contributed by atoms with E-state index in [2.05, 4.69) is 42.5 Å². The predicted molar refractivity (Wildman–Crippen MR) is 271 cm³/mol. The number of rotatable bonds is 32. The van der Waals surface area contributed by atoms with Crippen molar-refractivity contribution in [1.29, 1.82) is 0 Å². The lowest BCUT2D eigenvalue weighted by Gasteiger charge is -2.29. The highest BCUT2D eigenvalue weighted by Crippen LogP contribution is 2.21. The first kappa shape index (κ1) is 64.1. The molecule has 0 saturated carbocycles. The van der Waals surface area contributed by atoms with E-state index < -0.39 is 157 Å². The lowest BCUT2D eigenvalue weighted by molar-refractivity contribution is -0.143. The molecule has 75 heavy (non-hydrogen) atoms. The first-order valence-corrected chi connectivity index (χ1v) is 25.9. The van der Waals surface area contributed by atoms with Gasteiger partial charge in [-0.25, -0.2) is 4.79 Å². The van der Waals surface area contributed by atoms with E-state index in [0.29, 0.717) is 17.7 Å². The van der Waals surface area contributed by atoms with Crippen molar-refractivity contribution in [2.24, 2.45) is 23.5 Å². The number of carboxylic acids is 3. The lowest BCUT2D eigenvalue weighted by Crippen LogP contribution is -2.61. The third-order valence-electron chi connectivity index (χ3n) is 11.8. The Bertz CT molecular complexity index is 2200. The smallest absolute Gasteiger partial charge is 0.326 e. The largest absolute Gasteiger partial charge is 0.508 e. The number of phenols is 1. The van der Waals surface area contributed by atoms with Crippen LogP contribution < -0.4 is 48.3 Å². The number of amides is 9.